The van der Waals surface area contributed by atoms with Crippen molar-refractivity contribution in [1.29, 1.82) is 0 Å². The lowest BCUT2D eigenvalue weighted by atomic mass is 9.99. The van der Waals surface area contributed by atoms with Crippen molar-refractivity contribution in [2.45, 2.75) is 37.8 Å². The number of likely N-dealkylation sites (tertiary alicyclic amines) is 1. The molecule has 1 aromatic carbocycles. The first-order chi connectivity index (χ1) is 13.1. The number of carbonyl (C=O) groups is 2. The molecule has 0 spiro atoms. The summed E-state index contributed by atoms with van der Waals surface area (Å²) in [5.74, 6) is -0.00222. The van der Waals surface area contributed by atoms with E-state index in [1.54, 1.807) is 6.08 Å². The number of rotatable bonds is 10. The number of nitrogens with zero attached hydrogens (tertiary/aromatic N) is 1. The van der Waals surface area contributed by atoms with Gasteiger partial charge in [0.15, 0.2) is 0 Å². The standard InChI is InChI=1S/C21H27NO4S/c23-19(15-17-7-2-1-3-8-17)12-11-18-9-6-10-20(24)22(18)13-4-5-14-27-16-21(25)26/h1-5,7-8,11-12,18-19,23H,6,9-10,13-16H2,(H,25,26)/t18-,19?/m1/s1. The van der Waals surface area contributed by atoms with E-state index in [0.717, 1.165) is 18.4 Å². The van der Waals surface area contributed by atoms with Gasteiger partial charge < -0.3 is 15.1 Å². The lowest BCUT2D eigenvalue weighted by molar-refractivity contribution is -0.135. The summed E-state index contributed by atoms with van der Waals surface area (Å²) in [6.07, 6.45) is 9.83. The van der Waals surface area contributed by atoms with Crippen molar-refractivity contribution in [2.24, 2.45) is 0 Å². The lowest BCUT2D eigenvalue weighted by Crippen LogP contribution is -2.42. The summed E-state index contributed by atoms with van der Waals surface area (Å²) in [5, 5.41) is 18.9. The summed E-state index contributed by atoms with van der Waals surface area (Å²) in [5.41, 5.74) is 1.08. The summed E-state index contributed by atoms with van der Waals surface area (Å²) >= 11 is 1.33. The fourth-order valence-electron chi connectivity index (χ4n) is 3.03. The van der Waals surface area contributed by atoms with Crippen molar-refractivity contribution in [3.63, 3.8) is 0 Å². The van der Waals surface area contributed by atoms with Gasteiger partial charge in [-0.1, -0.05) is 54.6 Å². The van der Waals surface area contributed by atoms with E-state index in [0.29, 0.717) is 25.1 Å². The largest absolute Gasteiger partial charge is 0.481 e. The average Bonchev–Trinajstić information content (AvgIpc) is 2.65. The molecule has 2 atom stereocenters. The Morgan fingerprint density at radius 1 is 1.30 bits per heavy atom. The first-order valence-electron chi connectivity index (χ1n) is 9.20. The molecule has 2 N–H and O–H groups in total. The zero-order valence-corrected chi connectivity index (χ0v) is 16.2. The number of amides is 1. The number of thioether (sulfide) groups is 1. The minimum atomic E-state index is -0.820. The van der Waals surface area contributed by atoms with Gasteiger partial charge in [0.2, 0.25) is 5.91 Å². The van der Waals surface area contributed by atoms with Crippen LogP contribution in [0.4, 0.5) is 0 Å². The number of hydrogen-bond donors (Lipinski definition) is 2. The van der Waals surface area contributed by atoms with Gasteiger partial charge in [-0.05, 0) is 18.4 Å². The van der Waals surface area contributed by atoms with E-state index in [-0.39, 0.29) is 17.7 Å². The molecule has 1 amide bonds. The minimum Gasteiger partial charge on any atom is -0.481 e. The van der Waals surface area contributed by atoms with Crippen LogP contribution in [0, 0.1) is 0 Å². The first-order valence-corrected chi connectivity index (χ1v) is 10.4. The quantitative estimate of drug-likeness (QED) is 0.475. The Morgan fingerprint density at radius 3 is 2.81 bits per heavy atom. The Kier molecular flexibility index (Phi) is 9.15. The van der Waals surface area contributed by atoms with Crippen molar-refractivity contribution in [1.82, 2.24) is 4.90 Å². The first kappa shape index (κ1) is 21.3. The van der Waals surface area contributed by atoms with Gasteiger partial charge in [-0.25, -0.2) is 0 Å². The second kappa shape index (κ2) is 11.6. The van der Waals surface area contributed by atoms with Crippen LogP contribution in [0.25, 0.3) is 0 Å². The number of benzene rings is 1. The summed E-state index contributed by atoms with van der Waals surface area (Å²) < 4.78 is 0. The molecule has 0 radical (unpaired) electrons. The highest BCUT2D eigenvalue weighted by molar-refractivity contribution is 8.00. The minimum absolute atomic E-state index is 0.00649. The normalized spacial score (nSPS) is 19.1. The summed E-state index contributed by atoms with van der Waals surface area (Å²) in [6.45, 7) is 0.510. The van der Waals surface area contributed by atoms with Gasteiger partial charge in [-0.2, -0.15) is 0 Å². The molecule has 1 fully saturated rings. The maximum Gasteiger partial charge on any atom is 0.313 e. The summed E-state index contributed by atoms with van der Waals surface area (Å²) in [4.78, 5) is 24.6. The molecule has 0 aromatic heterocycles. The zero-order chi connectivity index (χ0) is 19.5. The van der Waals surface area contributed by atoms with Crippen LogP contribution >= 0.6 is 11.8 Å². The molecule has 0 aliphatic carbocycles. The predicted molar refractivity (Wildman–Crippen MR) is 109 cm³/mol. The lowest BCUT2D eigenvalue weighted by Gasteiger charge is -2.33. The molecule has 1 aromatic rings. The van der Waals surface area contributed by atoms with E-state index in [2.05, 4.69) is 0 Å². The predicted octanol–water partition coefficient (Wildman–Crippen LogP) is 2.90. The Labute approximate surface area is 164 Å². The number of hydrogen-bond acceptors (Lipinski definition) is 4. The SMILES string of the molecule is O=C(O)CSCC=CCN1C(=O)CCC[C@@H]1C=CC(O)Cc1ccccc1. The number of aliphatic carboxylic acids is 1. The molecule has 1 saturated heterocycles. The van der Waals surface area contributed by atoms with Gasteiger partial charge in [-0.3, -0.25) is 9.59 Å². The number of carboxylic acids is 1. The van der Waals surface area contributed by atoms with Crippen LogP contribution in [0.1, 0.15) is 24.8 Å². The van der Waals surface area contributed by atoms with Crippen molar-refractivity contribution in [3.05, 3.63) is 60.2 Å². The molecule has 146 valence electrons. The van der Waals surface area contributed by atoms with Crippen molar-refractivity contribution in [2.75, 3.05) is 18.1 Å². The number of aliphatic hydroxyl groups excluding tert-OH is 1. The number of carboxylic acid groups (broad SMARTS) is 1. The maximum atomic E-state index is 12.3. The highest BCUT2D eigenvalue weighted by Gasteiger charge is 2.25. The monoisotopic (exact) mass is 389 g/mol. The molecular weight excluding hydrogens is 362 g/mol. The van der Waals surface area contributed by atoms with Gasteiger partial charge in [-0.15, -0.1) is 11.8 Å². The molecule has 1 unspecified atom stereocenters. The second-order valence-corrected chi connectivity index (χ2v) is 7.56. The fourth-order valence-corrected chi connectivity index (χ4v) is 3.60. The maximum absolute atomic E-state index is 12.3. The average molecular weight is 390 g/mol. The summed E-state index contributed by atoms with van der Waals surface area (Å²) in [6, 6.07) is 9.82. The molecule has 1 aliphatic rings. The molecule has 2 rings (SSSR count). The molecule has 0 bridgehead atoms. The van der Waals surface area contributed by atoms with Gasteiger partial charge in [0.1, 0.15) is 0 Å². The van der Waals surface area contributed by atoms with E-state index in [4.69, 9.17) is 5.11 Å². The Balaban J connectivity index is 1.85. The third-order valence-electron chi connectivity index (χ3n) is 4.36. The van der Waals surface area contributed by atoms with Gasteiger partial charge in [0.25, 0.3) is 0 Å². The van der Waals surface area contributed by atoms with E-state index in [9.17, 15) is 14.7 Å². The third-order valence-corrected chi connectivity index (χ3v) is 5.24. The van der Waals surface area contributed by atoms with E-state index in [1.807, 2.05) is 53.5 Å². The van der Waals surface area contributed by atoms with Crippen LogP contribution in [0.3, 0.4) is 0 Å². The number of carbonyl (C=O) groups excluding carboxylic acids is 1. The third kappa shape index (κ3) is 8.01. The molecule has 1 aliphatic heterocycles. The van der Waals surface area contributed by atoms with E-state index in [1.165, 1.54) is 11.8 Å². The van der Waals surface area contributed by atoms with Crippen LogP contribution in [-0.2, 0) is 16.0 Å². The number of aliphatic hydroxyl groups is 1. The van der Waals surface area contributed by atoms with Crippen LogP contribution in [0.5, 0.6) is 0 Å². The molecule has 1 heterocycles. The molecule has 5 nitrogen and oxygen atoms in total. The van der Waals surface area contributed by atoms with Gasteiger partial charge >= 0.3 is 5.97 Å². The Morgan fingerprint density at radius 2 is 2.07 bits per heavy atom. The Bertz CT molecular complexity index is 659. The molecular formula is C21H27NO4S. The topological polar surface area (TPSA) is 77.8 Å². The van der Waals surface area contributed by atoms with Crippen molar-refractivity contribution < 1.29 is 19.8 Å². The van der Waals surface area contributed by atoms with Gasteiger partial charge in [0, 0.05) is 25.1 Å². The highest BCUT2D eigenvalue weighted by atomic mass is 32.2. The van der Waals surface area contributed by atoms with Crippen LogP contribution < -0.4 is 0 Å². The number of piperidine rings is 1. The van der Waals surface area contributed by atoms with Crippen LogP contribution in [0.2, 0.25) is 0 Å². The molecule has 6 heteroatoms. The van der Waals surface area contributed by atoms with E-state index >= 15 is 0 Å². The fraction of sp³-hybridized carbons (Fsp3) is 0.429. The van der Waals surface area contributed by atoms with Crippen LogP contribution in [0.15, 0.2) is 54.6 Å². The summed E-state index contributed by atoms with van der Waals surface area (Å²) in [7, 11) is 0. The van der Waals surface area contributed by atoms with Crippen molar-refractivity contribution in [3.8, 4) is 0 Å². The molecule has 27 heavy (non-hydrogen) atoms. The molecule has 0 saturated carbocycles. The Hall–Kier alpha value is -2.05. The van der Waals surface area contributed by atoms with Crippen molar-refractivity contribution >= 4 is 23.6 Å². The smallest absolute Gasteiger partial charge is 0.313 e. The highest BCUT2D eigenvalue weighted by Crippen LogP contribution is 2.20. The zero-order valence-electron chi connectivity index (χ0n) is 15.4. The second-order valence-electron chi connectivity index (χ2n) is 6.53. The van der Waals surface area contributed by atoms with Gasteiger partial charge in [0.05, 0.1) is 17.9 Å². The van der Waals surface area contributed by atoms with E-state index < -0.39 is 12.1 Å². The van der Waals surface area contributed by atoms with Crippen LogP contribution in [-0.4, -0.2) is 57.2 Å².